The Balaban J connectivity index is 1.51. The zero-order chi connectivity index (χ0) is 27.6. The Morgan fingerprint density at radius 2 is 1.45 bits per heavy atom. The van der Waals surface area contributed by atoms with Gasteiger partial charge in [0.25, 0.3) is 11.8 Å². The number of hydrogen-bond donors (Lipinski definition) is 0. The molecule has 6 nitrogen and oxygen atoms in total. The molecule has 1 atom stereocenters. The second-order valence-electron chi connectivity index (χ2n) is 9.86. The SMILES string of the molecule is O=C1c2oc3ccccc3c(=O)c2C2(C(=O)N(Cc3ccc(Cl)cc3)c3ccccc32)N1Cc1ccccc1Cl. The van der Waals surface area contributed by atoms with Gasteiger partial charge in [-0.25, -0.2) is 0 Å². The van der Waals surface area contributed by atoms with Gasteiger partial charge in [-0.05, 0) is 47.5 Å². The fraction of sp³-hybridized carbons (Fsp3) is 0.0938. The Morgan fingerprint density at radius 3 is 2.25 bits per heavy atom. The van der Waals surface area contributed by atoms with Crippen LogP contribution in [0, 0.1) is 0 Å². The summed E-state index contributed by atoms with van der Waals surface area (Å²) in [6, 6.07) is 28.4. The fourth-order valence-corrected chi connectivity index (χ4v) is 6.21. The third kappa shape index (κ3) is 3.39. The van der Waals surface area contributed by atoms with Gasteiger partial charge in [-0.1, -0.05) is 83.9 Å². The first-order chi connectivity index (χ1) is 19.4. The minimum absolute atomic E-state index is 0.00660. The van der Waals surface area contributed by atoms with Gasteiger partial charge in [0.05, 0.1) is 23.2 Å². The number of nitrogens with zero attached hydrogens (tertiary/aromatic N) is 2. The molecule has 2 aliphatic heterocycles. The molecule has 0 radical (unpaired) electrons. The number of fused-ring (bicyclic) bond motifs is 5. The lowest BCUT2D eigenvalue weighted by Crippen LogP contribution is -2.53. The van der Waals surface area contributed by atoms with Crippen LogP contribution in [0.1, 0.15) is 32.8 Å². The summed E-state index contributed by atoms with van der Waals surface area (Å²) in [6.45, 7) is 0.213. The van der Waals surface area contributed by atoms with Crippen LogP contribution >= 0.6 is 23.2 Å². The second kappa shape index (κ2) is 9.08. The van der Waals surface area contributed by atoms with Gasteiger partial charge in [-0.2, -0.15) is 0 Å². The smallest absolute Gasteiger partial charge is 0.291 e. The summed E-state index contributed by atoms with van der Waals surface area (Å²) < 4.78 is 6.10. The van der Waals surface area contributed by atoms with Crippen molar-refractivity contribution in [3.05, 3.63) is 145 Å². The molecule has 0 saturated carbocycles. The highest BCUT2D eigenvalue weighted by molar-refractivity contribution is 6.31. The van der Waals surface area contributed by atoms with Crippen molar-refractivity contribution in [1.82, 2.24) is 4.90 Å². The van der Waals surface area contributed by atoms with E-state index in [1.54, 1.807) is 71.6 Å². The van der Waals surface area contributed by atoms with E-state index < -0.39 is 22.8 Å². The number of rotatable bonds is 4. The molecule has 1 aromatic heterocycles. The van der Waals surface area contributed by atoms with Crippen molar-refractivity contribution in [3.63, 3.8) is 0 Å². The summed E-state index contributed by atoms with van der Waals surface area (Å²) in [5, 5.41) is 1.33. The minimum Gasteiger partial charge on any atom is -0.450 e. The predicted octanol–water partition coefficient (Wildman–Crippen LogP) is 6.55. The monoisotopic (exact) mass is 566 g/mol. The van der Waals surface area contributed by atoms with Gasteiger partial charge in [0, 0.05) is 22.2 Å². The van der Waals surface area contributed by atoms with Gasteiger partial charge in [-0.3, -0.25) is 14.4 Å². The Bertz CT molecular complexity index is 1920. The topological polar surface area (TPSA) is 70.8 Å². The van der Waals surface area contributed by atoms with Crippen LogP contribution in [0.2, 0.25) is 10.0 Å². The van der Waals surface area contributed by atoms with E-state index in [9.17, 15) is 14.4 Å². The van der Waals surface area contributed by atoms with Crippen LogP contribution in [0.15, 0.2) is 106 Å². The van der Waals surface area contributed by atoms with Crippen molar-refractivity contribution in [2.24, 2.45) is 0 Å². The number of carbonyl (C=O) groups excluding carboxylic acids is 2. The zero-order valence-electron chi connectivity index (χ0n) is 20.9. The fourth-order valence-electron chi connectivity index (χ4n) is 5.89. The average Bonchev–Trinajstić information content (AvgIpc) is 3.36. The third-order valence-electron chi connectivity index (χ3n) is 7.68. The Labute approximate surface area is 239 Å². The number of hydrogen-bond acceptors (Lipinski definition) is 4. The van der Waals surface area contributed by atoms with Crippen LogP contribution in [0.4, 0.5) is 5.69 Å². The van der Waals surface area contributed by atoms with Crippen LogP contribution in [0.5, 0.6) is 0 Å². The average molecular weight is 567 g/mol. The molecule has 8 heteroatoms. The molecular weight excluding hydrogens is 547 g/mol. The summed E-state index contributed by atoms with van der Waals surface area (Å²) in [5.74, 6) is -1.09. The van der Waals surface area contributed by atoms with Crippen molar-refractivity contribution in [2.45, 2.75) is 18.6 Å². The number of carbonyl (C=O) groups is 2. The molecule has 7 rings (SSSR count). The molecule has 0 saturated heterocycles. The second-order valence-corrected chi connectivity index (χ2v) is 10.7. The van der Waals surface area contributed by atoms with Gasteiger partial charge < -0.3 is 14.2 Å². The van der Waals surface area contributed by atoms with E-state index >= 15 is 0 Å². The van der Waals surface area contributed by atoms with Gasteiger partial charge >= 0.3 is 0 Å². The van der Waals surface area contributed by atoms with Crippen LogP contribution in [0.25, 0.3) is 11.0 Å². The number of amides is 2. The largest absolute Gasteiger partial charge is 0.450 e. The summed E-state index contributed by atoms with van der Waals surface area (Å²) in [6.07, 6.45) is 0. The third-order valence-corrected chi connectivity index (χ3v) is 8.30. The normalized spacial score (nSPS) is 17.6. The molecule has 5 aromatic rings. The van der Waals surface area contributed by atoms with Gasteiger partial charge in [-0.15, -0.1) is 0 Å². The van der Waals surface area contributed by atoms with E-state index in [1.807, 2.05) is 30.3 Å². The maximum Gasteiger partial charge on any atom is 0.291 e. The minimum atomic E-state index is -1.74. The van der Waals surface area contributed by atoms with Crippen molar-refractivity contribution in [1.29, 1.82) is 0 Å². The molecule has 0 fully saturated rings. The van der Waals surface area contributed by atoms with Crippen molar-refractivity contribution >= 4 is 51.7 Å². The number of halogens is 2. The standard InChI is InChI=1S/C32H20Cl2N2O4/c33-21-15-13-19(14-16-21)17-35-25-11-5-3-9-23(25)32(31(35)39)27-28(37)22-8-2-6-12-26(22)40-29(27)30(38)36(32)18-20-7-1-4-10-24(20)34/h1-16H,17-18H2. The van der Waals surface area contributed by atoms with Crippen LogP contribution in [-0.4, -0.2) is 16.7 Å². The van der Waals surface area contributed by atoms with E-state index in [1.165, 1.54) is 4.90 Å². The molecule has 0 bridgehead atoms. The highest BCUT2D eigenvalue weighted by Gasteiger charge is 2.65. The number of anilines is 1. The highest BCUT2D eigenvalue weighted by atomic mass is 35.5. The first kappa shape index (κ1) is 24.6. The van der Waals surface area contributed by atoms with Gasteiger partial charge in [0.1, 0.15) is 5.58 Å². The lowest BCUT2D eigenvalue weighted by Gasteiger charge is -2.34. The van der Waals surface area contributed by atoms with E-state index in [4.69, 9.17) is 27.6 Å². The Morgan fingerprint density at radius 1 is 0.750 bits per heavy atom. The Hall–Kier alpha value is -4.39. The quantitative estimate of drug-likeness (QED) is 0.247. The summed E-state index contributed by atoms with van der Waals surface area (Å²) in [7, 11) is 0. The molecule has 2 aliphatic rings. The molecule has 3 heterocycles. The summed E-state index contributed by atoms with van der Waals surface area (Å²) in [4.78, 5) is 46.3. The van der Waals surface area contributed by atoms with Crippen molar-refractivity contribution < 1.29 is 14.0 Å². The van der Waals surface area contributed by atoms with E-state index in [-0.39, 0.29) is 30.0 Å². The van der Waals surface area contributed by atoms with Crippen LogP contribution in [-0.2, 0) is 23.4 Å². The van der Waals surface area contributed by atoms with Crippen molar-refractivity contribution in [3.8, 4) is 0 Å². The predicted molar refractivity (Wildman–Crippen MR) is 154 cm³/mol. The van der Waals surface area contributed by atoms with Crippen LogP contribution < -0.4 is 10.3 Å². The Kier molecular flexibility index (Phi) is 5.59. The highest BCUT2D eigenvalue weighted by Crippen LogP contribution is 2.53. The molecule has 40 heavy (non-hydrogen) atoms. The maximum atomic E-state index is 14.8. The number of benzene rings is 4. The molecule has 1 unspecified atom stereocenters. The molecule has 0 N–H and O–H groups in total. The van der Waals surface area contributed by atoms with Crippen LogP contribution in [0.3, 0.4) is 0 Å². The lowest BCUT2D eigenvalue weighted by atomic mass is 9.83. The molecular formula is C32H20Cl2N2O4. The summed E-state index contributed by atoms with van der Waals surface area (Å²) in [5.41, 5.74) is 0.795. The molecule has 196 valence electrons. The maximum absolute atomic E-state index is 14.8. The molecule has 0 aliphatic carbocycles. The van der Waals surface area contributed by atoms with E-state index in [0.717, 1.165) is 5.56 Å². The lowest BCUT2D eigenvalue weighted by molar-refractivity contribution is -0.126. The zero-order valence-corrected chi connectivity index (χ0v) is 22.4. The van der Waals surface area contributed by atoms with E-state index in [2.05, 4.69) is 0 Å². The molecule has 4 aromatic carbocycles. The first-order valence-electron chi connectivity index (χ1n) is 12.7. The van der Waals surface area contributed by atoms with Crippen molar-refractivity contribution in [2.75, 3.05) is 4.90 Å². The van der Waals surface area contributed by atoms with Gasteiger partial charge in [0.15, 0.2) is 11.0 Å². The summed E-state index contributed by atoms with van der Waals surface area (Å²) >= 11 is 12.6. The van der Waals surface area contributed by atoms with E-state index in [0.29, 0.717) is 32.2 Å². The first-order valence-corrected chi connectivity index (χ1v) is 13.4. The number of para-hydroxylation sites is 2. The van der Waals surface area contributed by atoms with Gasteiger partial charge in [0.2, 0.25) is 5.76 Å². The molecule has 2 amide bonds. The molecule has 1 spiro atoms.